The molecule has 2 rings (SSSR count). The maximum Gasteiger partial charge on any atom is 0.416 e. The summed E-state index contributed by atoms with van der Waals surface area (Å²) in [5, 5.41) is 2.98. The minimum absolute atomic E-state index is 0.0393. The Hall–Kier alpha value is -1.56. The van der Waals surface area contributed by atoms with Crippen molar-refractivity contribution in [3.05, 3.63) is 34.9 Å². The number of alkyl halides is 3. The van der Waals surface area contributed by atoms with E-state index in [0.717, 1.165) is 19.3 Å². The van der Waals surface area contributed by atoms with E-state index in [1.807, 2.05) is 0 Å². The SMILES string of the molecule is CCOC(=O)CCNCc1ccc(C2CCC2)c(C(F)(F)F)c1. The minimum atomic E-state index is -4.33. The molecule has 6 heteroatoms. The van der Waals surface area contributed by atoms with E-state index in [1.165, 1.54) is 6.07 Å². The molecule has 0 radical (unpaired) electrons. The van der Waals surface area contributed by atoms with Crippen molar-refractivity contribution in [3.8, 4) is 0 Å². The number of carbonyl (C=O) groups is 1. The van der Waals surface area contributed by atoms with Gasteiger partial charge in [-0.25, -0.2) is 0 Å². The summed E-state index contributed by atoms with van der Waals surface area (Å²) < 4.78 is 44.5. The van der Waals surface area contributed by atoms with Crippen LogP contribution in [0.4, 0.5) is 13.2 Å². The van der Waals surface area contributed by atoms with Gasteiger partial charge >= 0.3 is 12.1 Å². The maximum atomic E-state index is 13.2. The predicted octanol–water partition coefficient (Wildman–Crippen LogP) is 4.02. The van der Waals surface area contributed by atoms with Crippen LogP contribution in [0, 0.1) is 0 Å². The highest BCUT2D eigenvalue weighted by atomic mass is 19.4. The standard InChI is InChI=1S/C17H22F3NO2/c1-2-23-16(22)8-9-21-11-12-6-7-14(13-4-3-5-13)15(10-12)17(18,19)20/h6-7,10,13,21H,2-5,8-9,11H2,1H3. The molecule has 0 aliphatic heterocycles. The number of halogens is 3. The fourth-order valence-electron chi connectivity index (χ4n) is 2.69. The normalized spacial score (nSPS) is 15.3. The minimum Gasteiger partial charge on any atom is -0.466 e. The van der Waals surface area contributed by atoms with Crippen LogP contribution in [-0.4, -0.2) is 19.1 Å². The van der Waals surface area contributed by atoms with Crippen LogP contribution in [0.2, 0.25) is 0 Å². The average Bonchev–Trinajstić information content (AvgIpc) is 2.42. The van der Waals surface area contributed by atoms with Crippen molar-refractivity contribution in [1.29, 1.82) is 0 Å². The van der Waals surface area contributed by atoms with Gasteiger partial charge in [0.15, 0.2) is 0 Å². The Morgan fingerprint density at radius 1 is 1.35 bits per heavy atom. The smallest absolute Gasteiger partial charge is 0.416 e. The fourth-order valence-corrected chi connectivity index (χ4v) is 2.69. The quantitative estimate of drug-likeness (QED) is 0.607. The third-order valence-electron chi connectivity index (χ3n) is 4.11. The molecular weight excluding hydrogens is 307 g/mol. The first-order valence-electron chi connectivity index (χ1n) is 7.98. The van der Waals surface area contributed by atoms with Crippen LogP contribution >= 0.6 is 0 Å². The highest BCUT2D eigenvalue weighted by Gasteiger charge is 2.36. The lowest BCUT2D eigenvalue weighted by molar-refractivity contribution is -0.143. The fraction of sp³-hybridized carbons (Fsp3) is 0.588. The monoisotopic (exact) mass is 329 g/mol. The Labute approximate surface area is 134 Å². The molecule has 1 aliphatic carbocycles. The van der Waals surface area contributed by atoms with Crippen molar-refractivity contribution in [2.45, 2.75) is 51.2 Å². The Bertz CT molecular complexity index is 539. The summed E-state index contributed by atoms with van der Waals surface area (Å²) in [4.78, 5) is 11.2. The van der Waals surface area contributed by atoms with Crippen LogP contribution in [0.5, 0.6) is 0 Å². The van der Waals surface area contributed by atoms with Gasteiger partial charge in [-0.15, -0.1) is 0 Å². The molecule has 0 spiro atoms. The van der Waals surface area contributed by atoms with Crippen molar-refractivity contribution < 1.29 is 22.7 Å². The molecular formula is C17H22F3NO2. The van der Waals surface area contributed by atoms with Crippen molar-refractivity contribution in [2.75, 3.05) is 13.2 Å². The van der Waals surface area contributed by atoms with E-state index in [-0.39, 0.29) is 18.3 Å². The Morgan fingerprint density at radius 2 is 2.09 bits per heavy atom. The van der Waals surface area contributed by atoms with Crippen LogP contribution in [0.15, 0.2) is 18.2 Å². The zero-order valence-electron chi connectivity index (χ0n) is 13.2. The molecule has 0 aromatic heterocycles. The molecule has 1 fully saturated rings. The second kappa shape index (κ2) is 7.81. The number of benzene rings is 1. The molecule has 23 heavy (non-hydrogen) atoms. The lowest BCUT2D eigenvalue weighted by Gasteiger charge is -2.29. The Morgan fingerprint density at radius 3 is 2.65 bits per heavy atom. The van der Waals surface area contributed by atoms with E-state index in [0.29, 0.717) is 30.8 Å². The molecule has 3 nitrogen and oxygen atoms in total. The van der Waals surface area contributed by atoms with Gasteiger partial charge in [0.1, 0.15) is 0 Å². The van der Waals surface area contributed by atoms with Crippen LogP contribution in [0.1, 0.15) is 55.2 Å². The van der Waals surface area contributed by atoms with Gasteiger partial charge in [0.2, 0.25) is 0 Å². The van der Waals surface area contributed by atoms with Gasteiger partial charge in [-0.2, -0.15) is 13.2 Å². The van der Waals surface area contributed by atoms with E-state index in [2.05, 4.69) is 5.32 Å². The molecule has 0 saturated heterocycles. The third-order valence-corrected chi connectivity index (χ3v) is 4.11. The van der Waals surface area contributed by atoms with Crippen LogP contribution in [0.3, 0.4) is 0 Å². The number of rotatable bonds is 7. The zero-order valence-corrected chi connectivity index (χ0v) is 13.2. The summed E-state index contributed by atoms with van der Waals surface area (Å²) in [5.41, 5.74) is 0.468. The molecule has 0 bridgehead atoms. The van der Waals surface area contributed by atoms with Crippen LogP contribution in [0.25, 0.3) is 0 Å². The summed E-state index contributed by atoms with van der Waals surface area (Å²) in [7, 11) is 0. The molecule has 0 unspecified atom stereocenters. The van der Waals surface area contributed by atoms with Crippen LogP contribution in [-0.2, 0) is 22.3 Å². The largest absolute Gasteiger partial charge is 0.466 e. The van der Waals surface area contributed by atoms with Crippen molar-refractivity contribution in [1.82, 2.24) is 5.32 Å². The number of esters is 1. The summed E-state index contributed by atoms with van der Waals surface area (Å²) >= 11 is 0. The lowest BCUT2D eigenvalue weighted by Crippen LogP contribution is -2.20. The van der Waals surface area contributed by atoms with Crippen molar-refractivity contribution in [2.24, 2.45) is 0 Å². The van der Waals surface area contributed by atoms with Gasteiger partial charge in [0, 0.05) is 13.1 Å². The molecule has 0 amide bonds. The molecule has 1 N–H and O–H groups in total. The average molecular weight is 329 g/mol. The van der Waals surface area contributed by atoms with Crippen molar-refractivity contribution in [3.63, 3.8) is 0 Å². The Kier molecular flexibility index (Phi) is 6.04. The van der Waals surface area contributed by atoms with E-state index >= 15 is 0 Å². The highest BCUT2D eigenvalue weighted by Crippen LogP contribution is 2.43. The van der Waals surface area contributed by atoms with Crippen molar-refractivity contribution >= 4 is 5.97 Å². The second-order valence-corrected chi connectivity index (χ2v) is 5.78. The van der Waals surface area contributed by atoms with Gasteiger partial charge in [0.25, 0.3) is 0 Å². The van der Waals surface area contributed by atoms with E-state index < -0.39 is 11.7 Å². The molecule has 1 aromatic carbocycles. The first-order valence-corrected chi connectivity index (χ1v) is 7.98. The highest BCUT2D eigenvalue weighted by molar-refractivity contribution is 5.69. The van der Waals surface area contributed by atoms with Crippen LogP contribution < -0.4 is 5.32 Å². The number of nitrogens with one attached hydrogen (secondary N) is 1. The third kappa shape index (κ3) is 4.96. The van der Waals surface area contributed by atoms with Gasteiger partial charge < -0.3 is 10.1 Å². The zero-order chi connectivity index (χ0) is 16.9. The molecule has 1 aromatic rings. The number of ether oxygens (including phenoxy) is 1. The molecule has 0 atom stereocenters. The number of hydrogen-bond acceptors (Lipinski definition) is 3. The van der Waals surface area contributed by atoms with E-state index in [1.54, 1.807) is 19.1 Å². The molecule has 0 heterocycles. The van der Waals surface area contributed by atoms with E-state index in [4.69, 9.17) is 4.74 Å². The summed E-state index contributed by atoms with van der Waals surface area (Å²) in [6.45, 7) is 2.74. The van der Waals surface area contributed by atoms with Gasteiger partial charge in [-0.1, -0.05) is 18.6 Å². The first-order chi connectivity index (χ1) is 10.9. The van der Waals surface area contributed by atoms with Gasteiger partial charge in [-0.05, 0) is 42.9 Å². The van der Waals surface area contributed by atoms with Gasteiger partial charge in [0.05, 0.1) is 18.6 Å². The predicted molar refractivity (Wildman–Crippen MR) is 81.0 cm³/mol. The summed E-state index contributed by atoms with van der Waals surface area (Å²) in [6, 6.07) is 4.57. The number of hydrogen-bond donors (Lipinski definition) is 1. The second-order valence-electron chi connectivity index (χ2n) is 5.78. The molecule has 128 valence electrons. The first kappa shape index (κ1) is 17.8. The topological polar surface area (TPSA) is 38.3 Å². The van der Waals surface area contributed by atoms with Gasteiger partial charge in [-0.3, -0.25) is 4.79 Å². The summed E-state index contributed by atoms with van der Waals surface area (Å²) in [6.07, 6.45) is -1.45. The molecule has 1 saturated carbocycles. The summed E-state index contributed by atoms with van der Waals surface area (Å²) in [5.74, 6) is -0.270. The lowest BCUT2D eigenvalue weighted by atomic mass is 9.78. The van der Waals surface area contributed by atoms with E-state index in [9.17, 15) is 18.0 Å². The molecule has 1 aliphatic rings. The number of carbonyl (C=O) groups excluding carboxylic acids is 1. The Balaban J connectivity index is 1.96. The maximum absolute atomic E-state index is 13.2.